The second-order valence-corrected chi connectivity index (χ2v) is 6.40. The fourth-order valence-corrected chi connectivity index (χ4v) is 3.20. The minimum absolute atomic E-state index is 0.109. The molecule has 0 aliphatic rings. The van der Waals surface area contributed by atoms with Crippen LogP contribution < -0.4 is 16.3 Å². The number of anilines is 1. The zero-order valence-electron chi connectivity index (χ0n) is 16.1. The zero-order valence-corrected chi connectivity index (χ0v) is 16.1. The number of aromatic nitrogens is 2. The van der Waals surface area contributed by atoms with Gasteiger partial charge in [-0.2, -0.15) is 0 Å². The quantitative estimate of drug-likeness (QED) is 0.661. The molecule has 0 spiro atoms. The van der Waals surface area contributed by atoms with Crippen LogP contribution in [0.3, 0.4) is 0 Å². The second kappa shape index (κ2) is 8.56. The topological polar surface area (TPSA) is 85.1 Å². The molecular weight excluding hydrogens is 356 g/mol. The molecule has 7 nitrogen and oxygen atoms in total. The van der Waals surface area contributed by atoms with E-state index in [1.165, 1.54) is 0 Å². The highest BCUT2D eigenvalue weighted by Gasteiger charge is 2.13. The number of amides is 2. The first kappa shape index (κ1) is 19.4. The number of hydrogen-bond acceptors (Lipinski definition) is 3. The molecule has 0 aliphatic carbocycles. The Kier molecular flexibility index (Phi) is 5.93. The molecule has 2 amide bonds. The molecule has 1 aromatic heterocycles. The number of para-hydroxylation sites is 2. The first-order valence-corrected chi connectivity index (χ1v) is 9.41. The molecule has 0 fully saturated rings. The largest absolute Gasteiger partial charge is 0.352 e. The van der Waals surface area contributed by atoms with Crippen molar-refractivity contribution in [1.82, 2.24) is 14.5 Å². The highest BCUT2D eigenvalue weighted by atomic mass is 16.2. The van der Waals surface area contributed by atoms with Crippen LogP contribution in [-0.2, 0) is 17.9 Å². The monoisotopic (exact) mass is 380 g/mol. The molecular formula is C21H24N4O3. The van der Waals surface area contributed by atoms with Crippen LogP contribution in [0.25, 0.3) is 11.0 Å². The molecule has 7 heteroatoms. The number of carbonyl (C=O) groups is 2. The molecule has 2 N–H and O–H groups in total. The summed E-state index contributed by atoms with van der Waals surface area (Å²) < 4.78 is 3.34. The molecule has 0 aliphatic heterocycles. The summed E-state index contributed by atoms with van der Waals surface area (Å²) in [5.74, 6) is -0.335. The average molecular weight is 380 g/mol. The molecule has 3 rings (SSSR count). The SMILES string of the molecule is CCNC(=O)c1ccc(NC(=O)CCn2c(=O)n(CC)c3ccccc32)cc1. The van der Waals surface area contributed by atoms with E-state index in [4.69, 9.17) is 0 Å². The van der Waals surface area contributed by atoms with Crippen molar-refractivity contribution < 1.29 is 9.59 Å². The van der Waals surface area contributed by atoms with Crippen molar-refractivity contribution in [3.8, 4) is 0 Å². The number of nitrogens with one attached hydrogen (secondary N) is 2. The highest BCUT2D eigenvalue weighted by Crippen LogP contribution is 2.14. The van der Waals surface area contributed by atoms with E-state index in [1.54, 1.807) is 33.4 Å². The van der Waals surface area contributed by atoms with Gasteiger partial charge in [0.1, 0.15) is 0 Å². The van der Waals surface area contributed by atoms with Gasteiger partial charge in [-0.3, -0.25) is 18.7 Å². The summed E-state index contributed by atoms with van der Waals surface area (Å²) >= 11 is 0. The Labute approximate surface area is 163 Å². The van der Waals surface area contributed by atoms with Gasteiger partial charge in [-0.05, 0) is 50.2 Å². The number of benzene rings is 2. The van der Waals surface area contributed by atoms with Crippen molar-refractivity contribution in [1.29, 1.82) is 0 Å². The van der Waals surface area contributed by atoms with E-state index < -0.39 is 0 Å². The minimum atomic E-state index is -0.189. The number of fused-ring (bicyclic) bond motifs is 1. The Bertz CT molecular complexity index is 1050. The van der Waals surface area contributed by atoms with Gasteiger partial charge in [-0.15, -0.1) is 0 Å². The summed E-state index contributed by atoms with van der Waals surface area (Å²) in [5, 5.41) is 5.53. The van der Waals surface area contributed by atoms with Gasteiger partial charge in [0.25, 0.3) is 5.91 Å². The van der Waals surface area contributed by atoms with Gasteiger partial charge in [0.15, 0.2) is 0 Å². The van der Waals surface area contributed by atoms with Crippen molar-refractivity contribution in [2.45, 2.75) is 33.4 Å². The first-order valence-electron chi connectivity index (χ1n) is 9.41. The Morgan fingerprint density at radius 2 is 1.57 bits per heavy atom. The van der Waals surface area contributed by atoms with Gasteiger partial charge in [-0.1, -0.05) is 12.1 Å². The first-order chi connectivity index (χ1) is 13.5. The van der Waals surface area contributed by atoms with Gasteiger partial charge in [0.05, 0.1) is 11.0 Å². The van der Waals surface area contributed by atoms with E-state index in [0.29, 0.717) is 30.9 Å². The lowest BCUT2D eigenvalue weighted by atomic mass is 10.2. The van der Waals surface area contributed by atoms with Gasteiger partial charge >= 0.3 is 5.69 Å². The molecule has 0 saturated heterocycles. The standard InChI is InChI=1S/C21H24N4O3/c1-3-22-20(27)15-9-11-16(12-10-15)23-19(26)13-14-25-18-8-6-5-7-17(18)24(4-2)21(25)28/h5-12H,3-4,13-14H2,1-2H3,(H,22,27)(H,23,26). The van der Waals surface area contributed by atoms with E-state index in [0.717, 1.165) is 11.0 Å². The number of carbonyl (C=O) groups excluding carboxylic acids is 2. The van der Waals surface area contributed by atoms with Gasteiger partial charge in [-0.25, -0.2) is 4.79 Å². The van der Waals surface area contributed by atoms with Crippen molar-refractivity contribution in [3.05, 3.63) is 64.6 Å². The van der Waals surface area contributed by atoms with Crippen LogP contribution in [0.2, 0.25) is 0 Å². The van der Waals surface area contributed by atoms with Crippen molar-refractivity contribution >= 4 is 28.5 Å². The van der Waals surface area contributed by atoms with Crippen LogP contribution in [0.1, 0.15) is 30.6 Å². The maximum Gasteiger partial charge on any atom is 0.329 e. The fourth-order valence-electron chi connectivity index (χ4n) is 3.20. The lowest BCUT2D eigenvalue weighted by molar-refractivity contribution is -0.116. The van der Waals surface area contributed by atoms with Crippen molar-refractivity contribution in [3.63, 3.8) is 0 Å². The average Bonchev–Trinajstić information content (AvgIpc) is 2.97. The maximum absolute atomic E-state index is 12.6. The summed E-state index contributed by atoms with van der Waals surface area (Å²) in [4.78, 5) is 36.7. The minimum Gasteiger partial charge on any atom is -0.352 e. The number of nitrogens with zero attached hydrogens (tertiary/aromatic N) is 2. The summed E-state index contributed by atoms with van der Waals surface area (Å²) in [6, 6.07) is 14.3. The number of rotatable bonds is 7. The van der Waals surface area contributed by atoms with Crippen LogP contribution >= 0.6 is 0 Å². The smallest absolute Gasteiger partial charge is 0.329 e. The van der Waals surface area contributed by atoms with Crippen molar-refractivity contribution in [2.75, 3.05) is 11.9 Å². The third-order valence-electron chi connectivity index (χ3n) is 4.57. The molecule has 0 unspecified atom stereocenters. The van der Waals surface area contributed by atoms with Crippen LogP contribution in [0, 0.1) is 0 Å². The Morgan fingerprint density at radius 1 is 0.929 bits per heavy atom. The zero-order chi connectivity index (χ0) is 20.1. The van der Waals surface area contributed by atoms with Crippen LogP contribution in [0.15, 0.2) is 53.3 Å². The Balaban J connectivity index is 1.67. The Morgan fingerprint density at radius 3 is 2.18 bits per heavy atom. The van der Waals surface area contributed by atoms with E-state index >= 15 is 0 Å². The van der Waals surface area contributed by atoms with E-state index in [-0.39, 0.29) is 23.9 Å². The summed E-state index contributed by atoms with van der Waals surface area (Å²) in [7, 11) is 0. The Hall–Kier alpha value is -3.35. The summed E-state index contributed by atoms with van der Waals surface area (Å²) in [5.41, 5.74) is 2.74. The molecule has 1 heterocycles. The number of hydrogen-bond donors (Lipinski definition) is 2. The predicted molar refractivity (Wildman–Crippen MR) is 110 cm³/mol. The van der Waals surface area contributed by atoms with Gasteiger partial charge in [0.2, 0.25) is 5.91 Å². The van der Waals surface area contributed by atoms with Crippen LogP contribution in [0.4, 0.5) is 5.69 Å². The van der Waals surface area contributed by atoms with Crippen molar-refractivity contribution in [2.24, 2.45) is 0 Å². The number of imidazole rings is 1. The van der Waals surface area contributed by atoms with E-state index in [1.807, 2.05) is 38.1 Å². The summed E-state index contributed by atoms with van der Waals surface area (Å²) in [6.07, 6.45) is 0.176. The van der Waals surface area contributed by atoms with E-state index in [9.17, 15) is 14.4 Å². The van der Waals surface area contributed by atoms with Gasteiger partial charge < -0.3 is 10.6 Å². The lowest BCUT2D eigenvalue weighted by Crippen LogP contribution is -2.25. The number of aryl methyl sites for hydroxylation is 2. The molecule has 0 atom stereocenters. The molecule has 2 aromatic carbocycles. The van der Waals surface area contributed by atoms with Crippen LogP contribution in [0.5, 0.6) is 0 Å². The summed E-state index contributed by atoms with van der Waals surface area (Å²) in [6.45, 7) is 5.22. The van der Waals surface area contributed by atoms with Crippen LogP contribution in [-0.4, -0.2) is 27.5 Å². The third-order valence-corrected chi connectivity index (χ3v) is 4.57. The molecule has 3 aromatic rings. The third kappa shape index (κ3) is 3.98. The molecule has 0 bridgehead atoms. The molecule has 0 saturated carbocycles. The highest BCUT2D eigenvalue weighted by molar-refractivity contribution is 5.95. The second-order valence-electron chi connectivity index (χ2n) is 6.40. The molecule has 0 radical (unpaired) electrons. The lowest BCUT2D eigenvalue weighted by Gasteiger charge is -2.07. The van der Waals surface area contributed by atoms with Gasteiger partial charge in [0, 0.05) is 37.3 Å². The predicted octanol–water partition coefficient (Wildman–Crippen LogP) is 2.60. The fraction of sp³-hybridized carbons (Fsp3) is 0.286. The van der Waals surface area contributed by atoms with E-state index in [2.05, 4.69) is 10.6 Å². The maximum atomic E-state index is 12.6. The molecule has 28 heavy (non-hydrogen) atoms. The normalized spacial score (nSPS) is 10.8. The molecule has 146 valence electrons.